The fraction of sp³-hybridized carbons (Fsp3) is 0.143. The Morgan fingerprint density at radius 2 is 2.10 bits per heavy atom. The van der Waals surface area contributed by atoms with E-state index in [4.69, 9.17) is 16.3 Å². The molecule has 0 saturated carbocycles. The Morgan fingerprint density at radius 3 is 2.76 bits per heavy atom. The SMILES string of the molecule is COc1ccc(NCc2cc(Cl)ccc2O)c([N+](=O)[O-])c1. The van der Waals surface area contributed by atoms with Crippen molar-refractivity contribution in [2.75, 3.05) is 12.4 Å². The maximum atomic E-state index is 11.1. The minimum Gasteiger partial charge on any atom is -0.508 e. The summed E-state index contributed by atoms with van der Waals surface area (Å²) < 4.78 is 4.97. The summed E-state index contributed by atoms with van der Waals surface area (Å²) in [4.78, 5) is 10.6. The summed E-state index contributed by atoms with van der Waals surface area (Å²) in [5.41, 5.74) is 0.781. The molecule has 0 atom stereocenters. The molecule has 0 radical (unpaired) electrons. The van der Waals surface area contributed by atoms with Crippen molar-refractivity contribution in [2.45, 2.75) is 6.54 Å². The van der Waals surface area contributed by atoms with Crippen LogP contribution in [0, 0.1) is 10.1 Å². The van der Waals surface area contributed by atoms with Crippen LogP contribution in [0.2, 0.25) is 5.02 Å². The summed E-state index contributed by atoms with van der Waals surface area (Å²) in [5, 5.41) is 24.2. The highest BCUT2D eigenvalue weighted by molar-refractivity contribution is 6.30. The zero-order chi connectivity index (χ0) is 15.4. The van der Waals surface area contributed by atoms with Gasteiger partial charge < -0.3 is 15.2 Å². The van der Waals surface area contributed by atoms with E-state index in [1.807, 2.05) is 0 Å². The molecule has 6 nitrogen and oxygen atoms in total. The highest BCUT2D eigenvalue weighted by Gasteiger charge is 2.15. The molecule has 0 aliphatic rings. The zero-order valence-corrected chi connectivity index (χ0v) is 11.9. The van der Waals surface area contributed by atoms with Crippen molar-refractivity contribution in [3.8, 4) is 11.5 Å². The summed E-state index contributed by atoms with van der Waals surface area (Å²) in [6, 6.07) is 9.14. The molecule has 2 aromatic rings. The quantitative estimate of drug-likeness (QED) is 0.651. The van der Waals surface area contributed by atoms with Gasteiger partial charge in [-0.25, -0.2) is 0 Å². The number of nitro benzene ring substituents is 1. The van der Waals surface area contributed by atoms with Crippen molar-refractivity contribution in [1.29, 1.82) is 0 Å². The molecule has 0 heterocycles. The minimum absolute atomic E-state index is 0.0723. The average Bonchev–Trinajstić information content (AvgIpc) is 2.48. The van der Waals surface area contributed by atoms with Crippen LogP contribution in [-0.4, -0.2) is 17.1 Å². The number of nitrogens with zero attached hydrogens (tertiary/aromatic N) is 1. The minimum atomic E-state index is -0.497. The monoisotopic (exact) mass is 308 g/mol. The van der Waals surface area contributed by atoms with Crippen LogP contribution in [0.15, 0.2) is 36.4 Å². The van der Waals surface area contributed by atoms with E-state index in [0.717, 1.165) is 0 Å². The fourth-order valence-corrected chi connectivity index (χ4v) is 2.02. The second kappa shape index (κ2) is 6.32. The predicted octanol–water partition coefficient (Wildman–Crippen LogP) is 3.57. The lowest BCUT2D eigenvalue weighted by atomic mass is 10.2. The van der Waals surface area contributed by atoms with Crippen molar-refractivity contribution in [3.63, 3.8) is 0 Å². The smallest absolute Gasteiger partial charge is 0.296 e. The highest BCUT2D eigenvalue weighted by atomic mass is 35.5. The van der Waals surface area contributed by atoms with E-state index in [0.29, 0.717) is 22.0 Å². The van der Waals surface area contributed by atoms with Gasteiger partial charge in [-0.3, -0.25) is 10.1 Å². The first-order chi connectivity index (χ1) is 10.0. The first-order valence-corrected chi connectivity index (χ1v) is 6.42. The van der Waals surface area contributed by atoms with E-state index < -0.39 is 4.92 Å². The number of nitrogens with one attached hydrogen (secondary N) is 1. The van der Waals surface area contributed by atoms with Gasteiger partial charge in [-0.2, -0.15) is 0 Å². The van der Waals surface area contributed by atoms with Gasteiger partial charge in [0.25, 0.3) is 5.69 Å². The normalized spacial score (nSPS) is 10.2. The number of rotatable bonds is 5. The number of benzene rings is 2. The Balaban J connectivity index is 2.23. The topological polar surface area (TPSA) is 84.6 Å². The van der Waals surface area contributed by atoms with E-state index in [1.54, 1.807) is 24.3 Å². The molecular weight excluding hydrogens is 296 g/mol. The highest BCUT2D eigenvalue weighted by Crippen LogP contribution is 2.30. The van der Waals surface area contributed by atoms with Crippen LogP contribution >= 0.6 is 11.6 Å². The molecule has 0 saturated heterocycles. The summed E-state index contributed by atoms with van der Waals surface area (Å²) in [6.07, 6.45) is 0. The molecule has 0 bridgehead atoms. The standard InChI is InChI=1S/C14H13ClN2O4/c1-21-11-3-4-12(13(7-11)17(19)20)16-8-9-6-10(15)2-5-14(9)18/h2-7,16,18H,8H2,1H3. The van der Waals surface area contributed by atoms with Gasteiger partial charge in [-0.05, 0) is 30.3 Å². The molecule has 2 N–H and O–H groups in total. The number of methoxy groups -OCH3 is 1. The van der Waals surface area contributed by atoms with Crippen LogP contribution < -0.4 is 10.1 Å². The summed E-state index contributed by atoms with van der Waals surface area (Å²) in [7, 11) is 1.44. The molecule has 0 spiro atoms. The van der Waals surface area contributed by atoms with Gasteiger partial charge in [0.15, 0.2) is 0 Å². The number of anilines is 1. The third-order valence-corrected chi connectivity index (χ3v) is 3.15. The number of ether oxygens (including phenoxy) is 1. The third-order valence-electron chi connectivity index (χ3n) is 2.91. The maximum absolute atomic E-state index is 11.1. The second-order valence-corrected chi connectivity index (χ2v) is 4.70. The van der Waals surface area contributed by atoms with Crippen molar-refractivity contribution >= 4 is 23.0 Å². The lowest BCUT2D eigenvalue weighted by molar-refractivity contribution is -0.384. The largest absolute Gasteiger partial charge is 0.508 e. The molecule has 0 aliphatic heterocycles. The zero-order valence-electron chi connectivity index (χ0n) is 11.2. The first kappa shape index (κ1) is 14.9. The Bertz CT molecular complexity index is 676. The van der Waals surface area contributed by atoms with Gasteiger partial charge in [-0.15, -0.1) is 0 Å². The molecule has 0 fully saturated rings. The van der Waals surface area contributed by atoms with Crippen LogP contribution in [0.5, 0.6) is 11.5 Å². The first-order valence-electron chi connectivity index (χ1n) is 6.05. The Kier molecular flexibility index (Phi) is 4.49. The van der Waals surface area contributed by atoms with E-state index >= 15 is 0 Å². The summed E-state index contributed by atoms with van der Waals surface area (Å²) in [6.45, 7) is 0.208. The van der Waals surface area contributed by atoms with Gasteiger partial charge >= 0.3 is 0 Å². The van der Waals surface area contributed by atoms with Gasteiger partial charge in [0, 0.05) is 17.1 Å². The van der Waals surface area contributed by atoms with Gasteiger partial charge in [0.2, 0.25) is 0 Å². The number of nitro groups is 1. The van der Waals surface area contributed by atoms with E-state index in [-0.39, 0.29) is 18.0 Å². The molecule has 2 aromatic carbocycles. The van der Waals surface area contributed by atoms with Crippen LogP contribution in [0.1, 0.15) is 5.56 Å². The van der Waals surface area contributed by atoms with Gasteiger partial charge in [0.05, 0.1) is 18.1 Å². The van der Waals surface area contributed by atoms with Crippen LogP contribution in [0.3, 0.4) is 0 Å². The molecular formula is C14H13ClN2O4. The van der Waals surface area contributed by atoms with E-state index in [1.165, 1.54) is 19.2 Å². The fourth-order valence-electron chi connectivity index (χ4n) is 1.83. The van der Waals surface area contributed by atoms with Crippen molar-refractivity contribution in [3.05, 3.63) is 57.1 Å². The number of hydrogen-bond donors (Lipinski definition) is 2. The molecule has 0 amide bonds. The molecule has 2 rings (SSSR count). The van der Waals surface area contributed by atoms with Crippen molar-refractivity contribution in [1.82, 2.24) is 0 Å². The predicted molar refractivity (Wildman–Crippen MR) is 80.1 cm³/mol. The Hall–Kier alpha value is -2.47. The van der Waals surface area contributed by atoms with E-state index in [2.05, 4.69) is 5.32 Å². The number of aromatic hydroxyl groups is 1. The average molecular weight is 309 g/mol. The van der Waals surface area contributed by atoms with E-state index in [9.17, 15) is 15.2 Å². The van der Waals surface area contributed by atoms with Crippen molar-refractivity contribution < 1.29 is 14.8 Å². The number of phenols is 1. The third kappa shape index (κ3) is 3.55. The van der Waals surface area contributed by atoms with Crippen LogP contribution in [0.25, 0.3) is 0 Å². The van der Waals surface area contributed by atoms with Crippen LogP contribution in [0.4, 0.5) is 11.4 Å². The molecule has 7 heteroatoms. The molecule has 0 unspecified atom stereocenters. The number of phenolic OH excluding ortho intramolecular Hbond substituents is 1. The lowest BCUT2D eigenvalue weighted by Gasteiger charge is -2.10. The molecule has 0 aliphatic carbocycles. The Morgan fingerprint density at radius 1 is 1.33 bits per heavy atom. The van der Waals surface area contributed by atoms with Gasteiger partial charge in [-0.1, -0.05) is 11.6 Å². The Labute approximate surface area is 126 Å². The van der Waals surface area contributed by atoms with Crippen LogP contribution in [-0.2, 0) is 6.54 Å². The number of halogens is 1. The summed E-state index contributed by atoms with van der Waals surface area (Å²) >= 11 is 5.86. The molecule has 110 valence electrons. The van der Waals surface area contributed by atoms with Gasteiger partial charge in [0.1, 0.15) is 17.2 Å². The summed E-state index contributed by atoms with van der Waals surface area (Å²) in [5.74, 6) is 0.473. The van der Waals surface area contributed by atoms with Crippen molar-refractivity contribution in [2.24, 2.45) is 0 Å². The molecule has 0 aromatic heterocycles. The molecule has 21 heavy (non-hydrogen) atoms. The maximum Gasteiger partial charge on any atom is 0.296 e. The lowest BCUT2D eigenvalue weighted by Crippen LogP contribution is -2.03. The number of hydrogen-bond acceptors (Lipinski definition) is 5. The second-order valence-electron chi connectivity index (χ2n) is 4.27.